The molecule has 0 heterocycles. The van der Waals surface area contributed by atoms with Crippen LogP contribution in [-0.2, 0) is 0 Å². The summed E-state index contributed by atoms with van der Waals surface area (Å²) in [6, 6.07) is 0.819. The predicted molar refractivity (Wildman–Crippen MR) is 76.3 cm³/mol. The molecule has 0 aromatic carbocycles. The molecular weight excluding hydrogens is 214 g/mol. The Hall–Kier alpha value is 0.310. The van der Waals surface area contributed by atoms with Gasteiger partial charge in [0.25, 0.3) is 0 Å². The lowest BCUT2D eigenvalue weighted by atomic mass is 9.86. The summed E-state index contributed by atoms with van der Waals surface area (Å²) in [7, 11) is 0. The van der Waals surface area contributed by atoms with Crippen molar-refractivity contribution in [1.29, 1.82) is 0 Å². The van der Waals surface area contributed by atoms with Crippen molar-refractivity contribution < 1.29 is 0 Å². The van der Waals surface area contributed by atoms with Crippen LogP contribution in [0, 0.1) is 5.92 Å². The standard InChI is InChI=1S/C14H29NS/c1-13-9-5-6-10-14(13)15-11-7-3-4-8-12-16-2/h13-15H,3-12H2,1-2H3. The maximum absolute atomic E-state index is 3.76. The van der Waals surface area contributed by atoms with E-state index in [1.807, 2.05) is 11.8 Å². The summed E-state index contributed by atoms with van der Waals surface area (Å²) in [6.07, 6.45) is 13.5. The minimum absolute atomic E-state index is 0.819. The van der Waals surface area contributed by atoms with Gasteiger partial charge in [0.15, 0.2) is 0 Å². The van der Waals surface area contributed by atoms with Gasteiger partial charge in [-0.05, 0) is 50.2 Å². The second kappa shape index (κ2) is 9.35. The third kappa shape index (κ3) is 6.15. The van der Waals surface area contributed by atoms with Gasteiger partial charge < -0.3 is 5.32 Å². The molecule has 0 aliphatic heterocycles. The Kier molecular flexibility index (Phi) is 8.40. The number of hydrogen-bond donors (Lipinski definition) is 1. The van der Waals surface area contributed by atoms with E-state index in [-0.39, 0.29) is 0 Å². The molecular formula is C14H29NS. The molecule has 1 aliphatic carbocycles. The molecule has 96 valence electrons. The third-order valence-corrected chi connectivity index (χ3v) is 4.49. The van der Waals surface area contributed by atoms with Crippen molar-refractivity contribution in [3.05, 3.63) is 0 Å². The lowest BCUT2D eigenvalue weighted by Crippen LogP contribution is -2.37. The van der Waals surface area contributed by atoms with E-state index in [1.165, 1.54) is 63.7 Å². The van der Waals surface area contributed by atoms with E-state index in [0.717, 1.165) is 12.0 Å². The van der Waals surface area contributed by atoms with Crippen LogP contribution < -0.4 is 5.32 Å². The van der Waals surface area contributed by atoms with E-state index < -0.39 is 0 Å². The van der Waals surface area contributed by atoms with E-state index in [2.05, 4.69) is 18.5 Å². The van der Waals surface area contributed by atoms with Gasteiger partial charge in [-0.25, -0.2) is 0 Å². The summed E-state index contributed by atoms with van der Waals surface area (Å²) >= 11 is 1.97. The summed E-state index contributed by atoms with van der Waals surface area (Å²) in [6.45, 7) is 3.66. The van der Waals surface area contributed by atoms with Crippen molar-refractivity contribution in [2.75, 3.05) is 18.6 Å². The topological polar surface area (TPSA) is 12.0 Å². The average Bonchev–Trinajstić information content (AvgIpc) is 2.30. The van der Waals surface area contributed by atoms with E-state index in [9.17, 15) is 0 Å². The molecule has 0 radical (unpaired) electrons. The zero-order valence-electron chi connectivity index (χ0n) is 11.1. The fourth-order valence-electron chi connectivity index (χ4n) is 2.63. The highest BCUT2D eigenvalue weighted by Gasteiger charge is 2.19. The van der Waals surface area contributed by atoms with Crippen molar-refractivity contribution in [1.82, 2.24) is 5.32 Å². The molecule has 2 atom stereocenters. The van der Waals surface area contributed by atoms with Gasteiger partial charge in [-0.15, -0.1) is 0 Å². The van der Waals surface area contributed by atoms with E-state index >= 15 is 0 Å². The molecule has 1 saturated carbocycles. The van der Waals surface area contributed by atoms with Gasteiger partial charge in [-0.3, -0.25) is 0 Å². The Balaban J connectivity index is 1.90. The Morgan fingerprint density at radius 1 is 1.06 bits per heavy atom. The van der Waals surface area contributed by atoms with Gasteiger partial charge in [0, 0.05) is 6.04 Å². The van der Waals surface area contributed by atoms with Crippen molar-refractivity contribution in [3.63, 3.8) is 0 Å². The molecule has 0 spiro atoms. The summed E-state index contributed by atoms with van der Waals surface area (Å²) in [4.78, 5) is 0. The van der Waals surface area contributed by atoms with Crippen molar-refractivity contribution in [2.24, 2.45) is 5.92 Å². The van der Waals surface area contributed by atoms with Crippen LogP contribution in [0.5, 0.6) is 0 Å². The molecule has 1 N–H and O–H groups in total. The first-order chi connectivity index (χ1) is 7.84. The van der Waals surface area contributed by atoms with Crippen molar-refractivity contribution in [2.45, 2.75) is 64.3 Å². The molecule has 0 bridgehead atoms. The Labute approximate surface area is 106 Å². The van der Waals surface area contributed by atoms with Crippen molar-refractivity contribution in [3.8, 4) is 0 Å². The zero-order valence-corrected chi connectivity index (χ0v) is 12.0. The molecule has 0 amide bonds. The first-order valence-electron chi connectivity index (χ1n) is 7.07. The zero-order chi connectivity index (χ0) is 11.6. The molecule has 2 heteroatoms. The molecule has 1 nitrogen and oxygen atoms in total. The normalized spacial score (nSPS) is 25.9. The van der Waals surface area contributed by atoms with Crippen LogP contribution in [0.2, 0.25) is 0 Å². The second-order valence-electron chi connectivity index (χ2n) is 5.23. The lowest BCUT2D eigenvalue weighted by Gasteiger charge is -2.29. The maximum Gasteiger partial charge on any atom is 0.00926 e. The van der Waals surface area contributed by atoms with E-state index in [1.54, 1.807) is 0 Å². The largest absolute Gasteiger partial charge is 0.314 e. The molecule has 1 aliphatic rings. The first-order valence-corrected chi connectivity index (χ1v) is 8.46. The number of nitrogens with one attached hydrogen (secondary N) is 1. The monoisotopic (exact) mass is 243 g/mol. The Morgan fingerprint density at radius 2 is 1.81 bits per heavy atom. The number of thioether (sulfide) groups is 1. The highest BCUT2D eigenvalue weighted by molar-refractivity contribution is 7.98. The maximum atomic E-state index is 3.76. The van der Waals surface area contributed by atoms with E-state index in [0.29, 0.717) is 0 Å². The summed E-state index contributed by atoms with van der Waals surface area (Å²) in [5.41, 5.74) is 0. The number of unbranched alkanes of at least 4 members (excludes halogenated alkanes) is 3. The molecule has 0 saturated heterocycles. The van der Waals surface area contributed by atoms with Crippen LogP contribution in [0.1, 0.15) is 58.3 Å². The van der Waals surface area contributed by atoms with Crippen LogP contribution in [0.25, 0.3) is 0 Å². The summed E-state index contributed by atoms with van der Waals surface area (Å²) in [5, 5.41) is 3.76. The van der Waals surface area contributed by atoms with Gasteiger partial charge in [-0.1, -0.05) is 32.6 Å². The molecule has 0 aromatic heterocycles. The Morgan fingerprint density at radius 3 is 2.56 bits per heavy atom. The Bertz CT molecular complexity index is 161. The summed E-state index contributed by atoms with van der Waals surface area (Å²) < 4.78 is 0. The minimum Gasteiger partial charge on any atom is -0.314 e. The van der Waals surface area contributed by atoms with Gasteiger partial charge in [0.05, 0.1) is 0 Å². The SMILES string of the molecule is CSCCCCCCNC1CCCCC1C. The van der Waals surface area contributed by atoms with Crippen LogP contribution >= 0.6 is 11.8 Å². The third-order valence-electron chi connectivity index (χ3n) is 3.79. The highest BCUT2D eigenvalue weighted by atomic mass is 32.2. The van der Waals surface area contributed by atoms with Gasteiger partial charge in [-0.2, -0.15) is 11.8 Å². The molecule has 1 fully saturated rings. The molecule has 2 unspecified atom stereocenters. The van der Waals surface area contributed by atoms with Crippen LogP contribution in [0.15, 0.2) is 0 Å². The fourth-order valence-corrected chi connectivity index (χ4v) is 3.12. The summed E-state index contributed by atoms with van der Waals surface area (Å²) in [5.74, 6) is 2.25. The van der Waals surface area contributed by atoms with Crippen LogP contribution in [0.3, 0.4) is 0 Å². The van der Waals surface area contributed by atoms with Gasteiger partial charge in [0.2, 0.25) is 0 Å². The van der Waals surface area contributed by atoms with E-state index in [4.69, 9.17) is 0 Å². The fraction of sp³-hybridized carbons (Fsp3) is 1.00. The molecule has 16 heavy (non-hydrogen) atoms. The van der Waals surface area contributed by atoms with Gasteiger partial charge >= 0.3 is 0 Å². The van der Waals surface area contributed by atoms with Crippen LogP contribution in [-0.4, -0.2) is 24.6 Å². The quantitative estimate of drug-likeness (QED) is 0.645. The lowest BCUT2D eigenvalue weighted by molar-refractivity contribution is 0.279. The minimum atomic E-state index is 0.819. The molecule has 0 aromatic rings. The van der Waals surface area contributed by atoms with Gasteiger partial charge in [0.1, 0.15) is 0 Å². The smallest absolute Gasteiger partial charge is 0.00926 e. The van der Waals surface area contributed by atoms with Crippen molar-refractivity contribution >= 4 is 11.8 Å². The average molecular weight is 243 g/mol. The van der Waals surface area contributed by atoms with Crippen LogP contribution in [0.4, 0.5) is 0 Å². The number of hydrogen-bond acceptors (Lipinski definition) is 2. The predicted octanol–water partition coefficient (Wildman–Crippen LogP) is 4.08. The first kappa shape index (κ1) is 14.4. The second-order valence-corrected chi connectivity index (χ2v) is 6.21. The number of rotatable bonds is 8. The highest BCUT2D eigenvalue weighted by Crippen LogP contribution is 2.23. The molecule has 1 rings (SSSR count).